The Labute approximate surface area is 86.9 Å². The minimum absolute atomic E-state index is 0.234. The average Bonchev–Trinajstić information content (AvgIpc) is 2.97. The van der Waals surface area contributed by atoms with Crippen LogP contribution in [0.1, 0.15) is 24.6 Å². The lowest BCUT2D eigenvalue weighted by molar-refractivity contribution is 0.927. The molecule has 0 spiro atoms. The molecule has 0 unspecified atom stereocenters. The number of nitrogens with zero attached hydrogens (tertiary/aromatic N) is 3. The van der Waals surface area contributed by atoms with E-state index in [2.05, 4.69) is 15.3 Å². The third kappa shape index (κ3) is 2.12. The highest BCUT2D eigenvalue weighted by atomic mass is 35.5. The van der Waals surface area contributed by atoms with Crippen molar-refractivity contribution in [1.82, 2.24) is 9.97 Å². The number of aromatic nitrogens is 2. The van der Waals surface area contributed by atoms with Crippen molar-refractivity contribution in [2.75, 3.05) is 11.9 Å². The Morgan fingerprint density at radius 3 is 3.00 bits per heavy atom. The second-order valence-corrected chi connectivity index (χ2v) is 3.61. The molecule has 0 saturated heterocycles. The molecule has 0 aromatic carbocycles. The van der Waals surface area contributed by atoms with Crippen molar-refractivity contribution >= 4 is 17.4 Å². The SMILES string of the molecule is N#CCNc1cc(Cl)nc(C2CC2)n1. The Hall–Kier alpha value is -1.34. The molecule has 1 aliphatic carbocycles. The number of hydrogen-bond donors (Lipinski definition) is 1. The van der Waals surface area contributed by atoms with Crippen molar-refractivity contribution in [2.45, 2.75) is 18.8 Å². The van der Waals surface area contributed by atoms with Crippen molar-refractivity contribution in [3.05, 3.63) is 17.0 Å². The highest BCUT2D eigenvalue weighted by Crippen LogP contribution is 2.38. The molecular formula is C9H9ClN4. The van der Waals surface area contributed by atoms with Gasteiger partial charge in [0.15, 0.2) is 0 Å². The van der Waals surface area contributed by atoms with Crippen molar-refractivity contribution in [3.8, 4) is 6.07 Å². The van der Waals surface area contributed by atoms with Gasteiger partial charge in [0, 0.05) is 12.0 Å². The van der Waals surface area contributed by atoms with Crippen LogP contribution in [0.4, 0.5) is 5.82 Å². The summed E-state index contributed by atoms with van der Waals surface area (Å²) in [5.41, 5.74) is 0. The first-order valence-corrected chi connectivity index (χ1v) is 4.82. The molecule has 1 fully saturated rings. The van der Waals surface area contributed by atoms with Crippen LogP contribution >= 0.6 is 11.6 Å². The standard InChI is InChI=1S/C9H9ClN4/c10-7-5-8(12-4-3-11)14-9(13-7)6-1-2-6/h5-6H,1-2,4H2,(H,12,13,14). The summed E-state index contributed by atoms with van der Waals surface area (Å²) in [6.07, 6.45) is 2.27. The fourth-order valence-electron chi connectivity index (χ4n) is 1.18. The number of rotatable bonds is 3. The van der Waals surface area contributed by atoms with Gasteiger partial charge in [-0.25, -0.2) is 9.97 Å². The average molecular weight is 209 g/mol. The Morgan fingerprint density at radius 1 is 1.57 bits per heavy atom. The van der Waals surface area contributed by atoms with Gasteiger partial charge in [0.05, 0.1) is 6.07 Å². The van der Waals surface area contributed by atoms with Crippen LogP contribution in [-0.4, -0.2) is 16.5 Å². The predicted octanol–water partition coefficient (Wildman–Crippen LogP) is 1.94. The second-order valence-electron chi connectivity index (χ2n) is 3.22. The summed E-state index contributed by atoms with van der Waals surface area (Å²) in [6.45, 7) is 0.234. The molecule has 2 rings (SSSR count). The molecule has 1 aromatic heterocycles. The summed E-state index contributed by atoms with van der Waals surface area (Å²) in [7, 11) is 0. The first kappa shape index (κ1) is 9.22. The minimum atomic E-state index is 0.234. The first-order valence-electron chi connectivity index (χ1n) is 4.45. The zero-order valence-electron chi connectivity index (χ0n) is 7.50. The summed E-state index contributed by atoms with van der Waals surface area (Å²) >= 11 is 5.83. The molecule has 5 heteroatoms. The van der Waals surface area contributed by atoms with Gasteiger partial charge in [0.2, 0.25) is 0 Å². The van der Waals surface area contributed by atoms with Gasteiger partial charge in [-0.2, -0.15) is 5.26 Å². The monoisotopic (exact) mass is 208 g/mol. The van der Waals surface area contributed by atoms with Gasteiger partial charge in [0.25, 0.3) is 0 Å². The predicted molar refractivity (Wildman–Crippen MR) is 53.1 cm³/mol. The van der Waals surface area contributed by atoms with Crippen LogP contribution in [0.15, 0.2) is 6.07 Å². The van der Waals surface area contributed by atoms with Gasteiger partial charge >= 0.3 is 0 Å². The maximum absolute atomic E-state index is 8.40. The van der Waals surface area contributed by atoms with E-state index in [1.165, 1.54) is 0 Å². The minimum Gasteiger partial charge on any atom is -0.357 e. The molecule has 1 aromatic rings. The largest absolute Gasteiger partial charge is 0.357 e. The van der Waals surface area contributed by atoms with E-state index in [1.807, 2.05) is 6.07 Å². The van der Waals surface area contributed by atoms with E-state index in [0.29, 0.717) is 16.9 Å². The van der Waals surface area contributed by atoms with Gasteiger partial charge in [-0.3, -0.25) is 0 Å². The van der Waals surface area contributed by atoms with Crippen molar-refractivity contribution in [1.29, 1.82) is 5.26 Å². The van der Waals surface area contributed by atoms with Gasteiger partial charge in [-0.15, -0.1) is 0 Å². The van der Waals surface area contributed by atoms with E-state index in [9.17, 15) is 0 Å². The molecule has 0 bridgehead atoms. The molecule has 0 amide bonds. The van der Waals surface area contributed by atoms with Crippen LogP contribution in [0.3, 0.4) is 0 Å². The summed E-state index contributed by atoms with van der Waals surface area (Å²) in [5.74, 6) is 1.89. The highest BCUT2D eigenvalue weighted by Gasteiger charge is 2.27. The summed E-state index contributed by atoms with van der Waals surface area (Å²) in [5, 5.41) is 11.7. The van der Waals surface area contributed by atoms with E-state index in [1.54, 1.807) is 6.07 Å². The third-order valence-corrected chi connectivity index (χ3v) is 2.20. The Kier molecular flexibility index (Phi) is 2.51. The van der Waals surface area contributed by atoms with Crippen LogP contribution in [0.2, 0.25) is 5.15 Å². The number of nitrogens with one attached hydrogen (secondary N) is 1. The molecular weight excluding hydrogens is 200 g/mol. The van der Waals surface area contributed by atoms with E-state index in [-0.39, 0.29) is 6.54 Å². The smallest absolute Gasteiger partial charge is 0.135 e. The number of hydrogen-bond acceptors (Lipinski definition) is 4. The lowest BCUT2D eigenvalue weighted by Gasteiger charge is -2.03. The van der Waals surface area contributed by atoms with E-state index in [0.717, 1.165) is 18.7 Å². The van der Waals surface area contributed by atoms with E-state index >= 15 is 0 Å². The first-order chi connectivity index (χ1) is 6.79. The van der Waals surface area contributed by atoms with Gasteiger partial charge in [0.1, 0.15) is 23.3 Å². The van der Waals surface area contributed by atoms with E-state index in [4.69, 9.17) is 16.9 Å². The fraction of sp³-hybridized carbons (Fsp3) is 0.444. The Bertz CT molecular complexity index is 381. The molecule has 1 aliphatic rings. The zero-order chi connectivity index (χ0) is 9.97. The van der Waals surface area contributed by atoms with Crippen molar-refractivity contribution < 1.29 is 0 Å². The zero-order valence-corrected chi connectivity index (χ0v) is 8.25. The number of anilines is 1. The van der Waals surface area contributed by atoms with Crippen LogP contribution in [0, 0.1) is 11.3 Å². The van der Waals surface area contributed by atoms with Gasteiger partial charge in [-0.05, 0) is 12.8 Å². The summed E-state index contributed by atoms with van der Waals surface area (Å²) in [6, 6.07) is 3.62. The lowest BCUT2D eigenvalue weighted by Crippen LogP contribution is -2.03. The summed E-state index contributed by atoms with van der Waals surface area (Å²) < 4.78 is 0. The van der Waals surface area contributed by atoms with Crippen molar-refractivity contribution in [2.24, 2.45) is 0 Å². The molecule has 0 aliphatic heterocycles. The van der Waals surface area contributed by atoms with Crippen LogP contribution in [0.5, 0.6) is 0 Å². The molecule has 72 valence electrons. The normalized spacial score (nSPS) is 14.9. The summed E-state index contributed by atoms with van der Waals surface area (Å²) in [4.78, 5) is 8.41. The molecule has 1 saturated carbocycles. The molecule has 1 heterocycles. The molecule has 0 radical (unpaired) electrons. The van der Waals surface area contributed by atoms with Crippen LogP contribution < -0.4 is 5.32 Å². The van der Waals surface area contributed by atoms with Crippen LogP contribution in [-0.2, 0) is 0 Å². The molecule has 0 atom stereocenters. The second kappa shape index (κ2) is 3.81. The molecule has 4 nitrogen and oxygen atoms in total. The fourth-order valence-corrected chi connectivity index (χ4v) is 1.37. The molecule has 14 heavy (non-hydrogen) atoms. The van der Waals surface area contributed by atoms with Crippen LogP contribution in [0.25, 0.3) is 0 Å². The van der Waals surface area contributed by atoms with E-state index < -0.39 is 0 Å². The van der Waals surface area contributed by atoms with Gasteiger partial charge in [-0.1, -0.05) is 11.6 Å². The topological polar surface area (TPSA) is 61.6 Å². The van der Waals surface area contributed by atoms with Gasteiger partial charge < -0.3 is 5.32 Å². The Morgan fingerprint density at radius 2 is 2.36 bits per heavy atom. The third-order valence-electron chi connectivity index (χ3n) is 2.00. The highest BCUT2D eigenvalue weighted by molar-refractivity contribution is 6.29. The Balaban J connectivity index is 2.18. The quantitative estimate of drug-likeness (QED) is 0.609. The molecule has 1 N–H and O–H groups in total. The maximum atomic E-state index is 8.40. The number of halogens is 1. The van der Waals surface area contributed by atoms with Crippen molar-refractivity contribution in [3.63, 3.8) is 0 Å². The number of nitriles is 1. The maximum Gasteiger partial charge on any atom is 0.135 e. The lowest BCUT2D eigenvalue weighted by atomic mass is 10.4.